The van der Waals surface area contributed by atoms with E-state index >= 15 is 0 Å². The molecule has 0 aliphatic heterocycles. The number of halogens is 1. The molecule has 0 amide bonds. The number of rotatable bonds is 3. The van der Waals surface area contributed by atoms with Gasteiger partial charge in [0.25, 0.3) is 0 Å². The highest BCUT2D eigenvalue weighted by atomic mass is 32.2. The summed E-state index contributed by atoms with van der Waals surface area (Å²) in [5.74, 6) is 0.0783. The summed E-state index contributed by atoms with van der Waals surface area (Å²) in [7, 11) is -1.17. The first kappa shape index (κ1) is 12.8. The van der Waals surface area contributed by atoms with Crippen LogP contribution < -0.4 is 5.73 Å². The van der Waals surface area contributed by atoms with Gasteiger partial charge in [0, 0.05) is 10.6 Å². The zero-order chi connectivity index (χ0) is 13.1. The minimum Gasteiger partial charge on any atom is -0.399 e. The molecule has 0 heterocycles. The van der Waals surface area contributed by atoms with Gasteiger partial charge >= 0.3 is 0 Å². The Kier molecular flexibility index (Phi) is 3.77. The third kappa shape index (κ3) is 2.96. The van der Waals surface area contributed by atoms with Gasteiger partial charge in [-0.15, -0.1) is 0 Å². The molecule has 0 aliphatic carbocycles. The summed E-state index contributed by atoms with van der Waals surface area (Å²) in [5.41, 5.74) is 8.09. The fraction of sp³-hybridized carbons (Fsp3) is 0.143. The molecule has 0 bridgehead atoms. The predicted octanol–water partition coefficient (Wildman–Crippen LogP) is 3.02. The Morgan fingerprint density at radius 2 is 1.83 bits per heavy atom. The molecule has 0 radical (unpaired) electrons. The highest BCUT2D eigenvalue weighted by Gasteiger charge is 2.09. The van der Waals surface area contributed by atoms with Gasteiger partial charge in [0.2, 0.25) is 0 Å². The van der Waals surface area contributed by atoms with E-state index in [0.717, 1.165) is 16.0 Å². The number of nitrogen functional groups attached to an aromatic ring is 1. The van der Waals surface area contributed by atoms with Gasteiger partial charge in [0.15, 0.2) is 0 Å². The van der Waals surface area contributed by atoms with Gasteiger partial charge in [-0.25, -0.2) is 4.39 Å². The van der Waals surface area contributed by atoms with E-state index in [1.54, 1.807) is 24.3 Å². The topological polar surface area (TPSA) is 43.1 Å². The van der Waals surface area contributed by atoms with Crippen LogP contribution in [-0.2, 0) is 16.6 Å². The second-order valence-corrected chi connectivity index (χ2v) is 5.56. The Morgan fingerprint density at radius 3 is 2.50 bits per heavy atom. The van der Waals surface area contributed by atoms with Crippen molar-refractivity contribution in [3.63, 3.8) is 0 Å². The van der Waals surface area contributed by atoms with Crippen molar-refractivity contribution >= 4 is 16.5 Å². The second kappa shape index (κ2) is 5.31. The van der Waals surface area contributed by atoms with Gasteiger partial charge in [-0.3, -0.25) is 4.21 Å². The van der Waals surface area contributed by atoms with E-state index in [0.29, 0.717) is 11.4 Å². The fourth-order valence-corrected chi connectivity index (χ4v) is 3.02. The maximum atomic E-state index is 12.8. The highest BCUT2D eigenvalue weighted by molar-refractivity contribution is 7.84. The summed E-state index contributed by atoms with van der Waals surface area (Å²) in [6, 6.07) is 11.4. The molecule has 18 heavy (non-hydrogen) atoms. The van der Waals surface area contributed by atoms with E-state index in [2.05, 4.69) is 0 Å². The van der Waals surface area contributed by atoms with Crippen molar-refractivity contribution in [1.82, 2.24) is 0 Å². The summed E-state index contributed by atoms with van der Waals surface area (Å²) in [5, 5.41) is 0. The minimum atomic E-state index is -1.17. The molecule has 2 N–H and O–H groups in total. The van der Waals surface area contributed by atoms with E-state index < -0.39 is 10.8 Å². The fourth-order valence-electron chi connectivity index (χ4n) is 1.67. The molecule has 0 aromatic heterocycles. The van der Waals surface area contributed by atoms with Crippen LogP contribution in [0.3, 0.4) is 0 Å². The van der Waals surface area contributed by atoms with Crippen LogP contribution in [0.4, 0.5) is 10.1 Å². The number of nitrogens with two attached hydrogens (primary N) is 1. The minimum absolute atomic E-state index is 0.287. The lowest BCUT2D eigenvalue weighted by Crippen LogP contribution is -2.00. The average Bonchev–Trinajstić information content (AvgIpc) is 2.35. The molecule has 94 valence electrons. The smallest absolute Gasteiger partial charge is 0.123 e. The van der Waals surface area contributed by atoms with Crippen molar-refractivity contribution in [2.45, 2.75) is 17.6 Å². The Bertz CT molecular complexity index is 581. The quantitative estimate of drug-likeness (QED) is 0.865. The number of benzene rings is 2. The molecule has 1 atom stereocenters. The molecule has 4 heteroatoms. The molecule has 2 aromatic carbocycles. The molecule has 2 nitrogen and oxygen atoms in total. The second-order valence-electron chi connectivity index (χ2n) is 4.14. The Hall–Kier alpha value is -1.68. The lowest BCUT2D eigenvalue weighted by molar-refractivity contribution is 0.627. The Labute approximate surface area is 108 Å². The molecular formula is C14H14FNOS. The number of aryl methyl sites for hydroxylation is 1. The molecule has 0 fully saturated rings. The van der Waals surface area contributed by atoms with Gasteiger partial charge in [0.05, 0.1) is 16.6 Å². The van der Waals surface area contributed by atoms with Crippen molar-refractivity contribution < 1.29 is 8.60 Å². The lowest BCUT2D eigenvalue weighted by Gasteiger charge is -2.07. The standard InChI is InChI=1S/C14H14FNOS/c1-10-2-7-13(16)8-14(10)18(17)9-11-3-5-12(15)6-4-11/h2-8H,9,16H2,1H3. The Balaban J connectivity index is 2.21. The van der Waals surface area contributed by atoms with Crippen molar-refractivity contribution in [2.24, 2.45) is 0 Å². The first-order chi connectivity index (χ1) is 8.56. The van der Waals surface area contributed by atoms with Crippen LogP contribution in [0.5, 0.6) is 0 Å². The van der Waals surface area contributed by atoms with E-state index in [1.807, 2.05) is 13.0 Å². The first-order valence-corrected chi connectivity index (χ1v) is 6.87. The van der Waals surface area contributed by atoms with E-state index in [4.69, 9.17) is 5.73 Å². The predicted molar refractivity (Wildman–Crippen MR) is 72.1 cm³/mol. The number of anilines is 1. The largest absolute Gasteiger partial charge is 0.399 e. The summed E-state index contributed by atoms with van der Waals surface area (Å²) < 4.78 is 25.0. The van der Waals surface area contributed by atoms with Crippen molar-refractivity contribution in [3.8, 4) is 0 Å². The average molecular weight is 263 g/mol. The monoisotopic (exact) mass is 263 g/mol. The van der Waals surface area contributed by atoms with Crippen molar-refractivity contribution in [2.75, 3.05) is 5.73 Å². The summed E-state index contributed by atoms with van der Waals surface area (Å²) in [6.45, 7) is 1.90. The first-order valence-electron chi connectivity index (χ1n) is 5.55. The zero-order valence-corrected chi connectivity index (χ0v) is 10.8. The van der Waals surface area contributed by atoms with Gasteiger partial charge in [-0.1, -0.05) is 18.2 Å². The van der Waals surface area contributed by atoms with Crippen LogP contribution in [0.15, 0.2) is 47.4 Å². The van der Waals surface area contributed by atoms with Crippen LogP contribution in [0.25, 0.3) is 0 Å². The third-order valence-corrected chi connectivity index (χ3v) is 4.19. The lowest BCUT2D eigenvalue weighted by atomic mass is 10.2. The normalized spacial score (nSPS) is 12.3. The van der Waals surface area contributed by atoms with E-state index in [1.165, 1.54) is 12.1 Å². The van der Waals surface area contributed by atoms with Crippen molar-refractivity contribution in [1.29, 1.82) is 0 Å². The molecular weight excluding hydrogens is 249 g/mol. The van der Waals surface area contributed by atoms with Gasteiger partial charge < -0.3 is 5.73 Å². The molecule has 2 aromatic rings. The van der Waals surface area contributed by atoms with Crippen LogP contribution in [-0.4, -0.2) is 4.21 Å². The molecule has 0 spiro atoms. The van der Waals surface area contributed by atoms with Gasteiger partial charge in [-0.2, -0.15) is 0 Å². The maximum absolute atomic E-state index is 12.8. The molecule has 0 saturated carbocycles. The molecule has 1 unspecified atom stereocenters. The van der Waals surface area contributed by atoms with Crippen LogP contribution in [0.2, 0.25) is 0 Å². The molecule has 0 saturated heterocycles. The van der Waals surface area contributed by atoms with Crippen LogP contribution in [0, 0.1) is 12.7 Å². The zero-order valence-electron chi connectivity index (χ0n) is 10.0. The Morgan fingerprint density at radius 1 is 1.17 bits per heavy atom. The maximum Gasteiger partial charge on any atom is 0.123 e. The SMILES string of the molecule is Cc1ccc(N)cc1S(=O)Cc1ccc(F)cc1. The van der Waals surface area contributed by atoms with Crippen molar-refractivity contribution in [3.05, 3.63) is 59.4 Å². The van der Waals surface area contributed by atoms with E-state index in [-0.39, 0.29) is 5.82 Å². The third-order valence-electron chi connectivity index (χ3n) is 2.67. The molecule has 2 rings (SSSR count). The highest BCUT2D eigenvalue weighted by Crippen LogP contribution is 2.19. The van der Waals surface area contributed by atoms with Gasteiger partial charge in [0.1, 0.15) is 5.82 Å². The summed E-state index contributed by atoms with van der Waals surface area (Å²) in [4.78, 5) is 0.735. The van der Waals surface area contributed by atoms with Crippen LogP contribution in [0.1, 0.15) is 11.1 Å². The van der Waals surface area contributed by atoms with E-state index in [9.17, 15) is 8.60 Å². The van der Waals surface area contributed by atoms with Crippen LogP contribution >= 0.6 is 0 Å². The number of hydrogen-bond donors (Lipinski definition) is 1. The number of hydrogen-bond acceptors (Lipinski definition) is 2. The van der Waals surface area contributed by atoms with Gasteiger partial charge in [-0.05, 0) is 42.3 Å². The summed E-state index contributed by atoms with van der Waals surface area (Å²) in [6.07, 6.45) is 0. The molecule has 0 aliphatic rings. The summed E-state index contributed by atoms with van der Waals surface area (Å²) >= 11 is 0.